The van der Waals surface area contributed by atoms with Crippen molar-refractivity contribution < 1.29 is 9.18 Å². The number of aromatic amines is 1. The number of nitrogens with zero attached hydrogens (tertiary/aromatic N) is 3. The second-order valence-electron chi connectivity index (χ2n) is 6.61. The summed E-state index contributed by atoms with van der Waals surface area (Å²) in [4.78, 5) is 35.9. The summed E-state index contributed by atoms with van der Waals surface area (Å²) in [6.07, 6.45) is 0. The van der Waals surface area contributed by atoms with E-state index in [0.29, 0.717) is 11.6 Å². The molecule has 0 radical (unpaired) electrons. The summed E-state index contributed by atoms with van der Waals surface area (Å²) in [7, 11) is 2.04. The Hall–Kier alpha value is -2.45. The maximum atomic E-state index is 13.3. The Kier molecular flexibility index (Phi) is 5.76. The molecule has 1 saturated heterocycles. The monoisotopic (exact) mass is 393 g/mol. The molecule has 0 bridgehead atoms. The molecule has 0 saturated carbocycles. The molecular formula is C18H21ClFN5O2. The number of benzene rings is 1. The van der Waals surface area contributed by atoms with Crippen LogP contribution in [0.15, 0.2) is 29.1 Å². The van der Waals surface area contributed by atoms with Gasteiger partial charge in [0.1, 0.15) is 5.82 Å². The van der Waals surface area contributed by atoms with Crippen LogP contribution in [0, 0.1) is 5.82 Å². The molecule has 0 unspecified atom stereocenters. The van der Waals surface area contributed by atoms with Gasteiger partial charge < -0.3 is 15.1 Å². The van der Waals surface area contributed by atoms with Gasteiger partial charge in [0, 0.05) is 37.8 Å². The SMILES string of the molecule is C[C@H](NC(=O)c1ccc(F)c(Cl)c1)c1cc(=O)[nH]c(N2CCN(C)CC2)n1. The number of aromatic nitrogens is 2. The smallest absolute Gasteiger partial charge is 0.252 e. The van der Waals surface area contributed by atoms with Crippen molar-refractivity contribution in [1.29, 1.82) is 0 Å². The van der Waals surface area contributed by atoms with Gasteiger partial charge in [-0.2, -0.15) is 0 Å². The van der Waals surface area contributed by atoms with Crippen molar-refractivity contribution in [2.75, 3.05) is 38.1 Å². The second kappa shape index (κ2) is 8.06. The molecule has 1 aromatic heterocycles. The molecule has 1 aliphatic rings. The summed E-state index contributed by atoms with van der Waals surface area (Å²) in [6, 6.07) is 4.61. The van der Waals surface area contributed by atoms with Crippen LogP contribution in [0.5, 0.6) is 0 Å². The zero-order valence-electron chi connectivity index (χ0n) is 15.1. The van der Waals surface area contributed by atoms with E-state index in [0.717, 1.165) is 32.2 Å². The van der Waals surface area contributed by atoms with Gasteiger partial charge in [-0.15, -0.1) is 0 Å². The van der Waals surface area contributed by atoms with Crippen LogP contribution in [-0.2, 0) is 0 Å². The van der Waals surface area contributed by atoms with Gasteiger partial charge in [0.2, 0.25) is 5.95 Å². The van der Waals surface area contributed by atoms with E-state index >= 15 is 0 Å². The van der Waals surface area contributed by atoms with E-state index in [1.807, 2.05) is 11.9 Å². The quantitative estimate of drug-likeness (QED) is 0.828. The molecule has 7 nitrogen and oxygen atoms in total. The number of hydrogen-bond acceptors (Lipinski definition) is 5. The maximum absolute atomic E-state index is 13.3. The number of amides is 1. The lowest BCUT2D eigenvalue weighted by atomic mass is 10.1. The number of rotatable bonds is 4. The van der Waals surface area contributed by atoms with Crippen LogP contribution >= 0.6 is 11.6 Å². The van der Waals surface area contributed by atoms with Crippen LogP contribution < -0.4 is 15.8 Å². The highest BCUT2D eigenvalue weighted by molar-refractivity contribution is 6.31. The molecule has 1 aliphatic heterocycles. The fourth-order valence-corrected chi connectivity index (χ4v) is 3.02. The lowest BCUT2D eigenvalue weighted by molar-refractivity contribution is 0.0939. The minimum absolute atomic E-state index is 0.123. The Bertz CT molecular complexity index is 896. The number of halogens is 2. The normalized spacial score (nSPS) is 16.2. The third kappa shape index (κ3) is 4.64. The van der Waals surface area contributed by atoms with Crippen molar-refractivity contribution in [3.8, 4) is 0 Å². The van der Waals surface area contributed by atoms with Gasteiger partial charge in [-0.1, -0.05) is 11.6 Å². The molecule has 3 rings (SSSR count). The number of nitrogens with one attached hydrogen (secondary N) is 2. The van der Waals surface area contributed by atoms with Gasteiger partial charge >= 0.3 is 0 Å². The molecule has 0 spiro atoms. The highest BCUT2D eigenvalue weighted by Crippen LogP contribution is 2.18. The van der Waals surface area contributed by atoms with Gasteiger partial charge in [-0.05, 0) is 32.2 Å². The van der Waals surface area contributed by atoms with Gasteiger partial charge in [0.15, 0.2) is 0 Å². The summed E-state index contributed by atoms with van der Waals surface area (Å²) < 4.78 is 13.3. The first-order valence-corrected chi connectivity index (χ1v) is 9.02. The number of hydrogen-bond donors (Lipinski definition) is 2. The zero-order valence-corrected chi connectivity index (χ0v) is 15.9. The highest BCUT2D eigenvalue weighted by atomic mass is 35.5. The predicted molar refractivity (Wildman–Crippen MR) is 102 cm³/mol. The summed E-state index contributed by atoms with van der Waals surface area (Å²) >= 11 is 5.73. The minimum atomic E-state index is -0.589. The van der Waals surface area contributed by atoms with Gasteiger partial charge in [-0.25, -0.2) is 9.37 Å². The third-order valence-electron chi connectivity index (χ3n) is 4.52. The number of likely N-dealkylation sites (N-methyl/N-ethyl adjacent to an activating group) is 1. The fraction of sp³-hybridized carbons (Fsp3) is 0.389. The summed E-state index contributed by atoms with van der Waals surface area (Å²) in [6.45, 7) is 5.02. The largest absolute Gasteiger partial charge is 0.344 e. The molecule has 1 aromatic carbocycles. The first kappa shape index (κ1) is 19.3. The zero-order chi connectivity index (χ0) is 19.6. The Morgan fingerprint density at radius 2 is 2.00 bits per heavy atom. The van der Waals surface area contributed by atoms with Crippen LogP contribution in [0.3, 0.4) is 0 Å². The molecular weight excluding hydrogens is 373 g/mol. The van der Waals surface area contributed by atoms with E-state index in [-0.39, 0.29) is 16.1 Å². The minimum Gasteiger partial charge on any atom is -0.344 e. The van der Waals surface area contributed by atoms with Crippen LogP contribution in [0.25, 0.3) is 0 Å². The standard InChI is InChI=1S/C18H21ClFN5O2/c1-11(21-17(27)12-3-4-14(20)13(19)9-12)15-10-16(26)23-18(22-15)25-7-5-24(2)6-8-25/h3-4,9-11H,5-8H2,1-2H3,(H,21,27)(H,22,23,26)/t11-/m0/s1. The Morgan fingerprint density at radius 3 is 2.67 bits per heavy atom. The Balaban J connectivity index is 1.76. The first-order chi connectivity index (χ1) is 12.8. The first-order valence-electron chi connectivity index (χ1n) is 8.64. The molecule has 1 amide bonds. The number of carbonyl (C=O) groups is 1. The summed E-state index contributed by atoms with van der Waals surface area (Å²) in [5.41, 5.74) is 0.409. The molecule has 1 fully saturated rings. The lowest BCUT2D eigenvalue weighted by Gasteiger charge is -2.32. The maximum Gasteiger partial charge on any atom is 0.252 e. The average Bonchev–Trinajstić information content (AvgIpc) is 2.64. The summed E-state index contributed by atoms with van der Waals surface area (Å²) in [5.74, 6) is -0.515. The van der Waals surface area contributed by atoms with E-state index in [1.54, 1.807) is 6.92 Å². The fourth-order valence-electron chi connectivity index (χ4n) is 2.84. The van der Waals surface area contributed by atoms with E-state index in [1.165, 1.54) is 18.2 Å². The lowest BCUT2D eigenvalue weighted by Crippen LogP contribution is -2.45. The van der Waals surface area contributed by atoms with Gasteiger partial charge in [-0.3, -0.25) is 14.6 Å². The molecule has 27 heavy (non-hydrogen) atoms. The Morgan fingerprint density at radius 1 is 1.30 bits per heavy atom. The van der Waals surface area contributed by atoms with Crippen molar-refractivity contribution in [3.63, 3.8) is 0 Å². The molecule has 2 N–H and O–H groups in total. The van der Waals surface area contributed by atoms with Crippen LogP contribution in [0.1, 0.15) is 29.0 Å². The second-order valence-corrected chi connectivity index (χ2v) is 7.02. The van der Waals surface area contributed by atoms with Crippen molar-refractivity contribution >= 4 is 23.5 Å². The molecule has 144 valence electrons. The topological polar surface area (TPSA) is 81.3 Å². The molecule has 0 aliphatic carbocycles. The van der Waals surface area contributed by atoms with E-state index in [2.05, 4.69) is 20.2 Å². The van der Waals surface area contributed by atoms with E-state index < -0.39 is 17.8 Å². The van der Waals surface area contributed by atoms with Crippen molar-refractivity contribution in [3.05, 3.63) is 56.7 Å². The number of carbonyl (C=O) groups excluding carboxylic acids is 1. The van der Waals surface area contributed by atoms with E-state index in [9.17, 15) is 14.0 Å². The molecule has 2 aromatic rings. The summed E-state index contributed by atoms with van der Waals surface area (Å²) in [5, 5.41) is 2.64. The number of anilines is 1. The molecule has 1 atom stereocenters. The van der Waals surface area contributed by atoms with Crippen molar-refractivity contribution in [2.24, 2.45) is 0 Å². The van der Waals surface area contributed by atoms with Crippen LogP contribution in [0.2, 0.25) is 5.02 Å². The predicted octanol–water partition coefficient (Wildman–Crippen LogP) is 1.81. The Labute approximate surface area is 161 Å². The number of piperazine rings is 1. The third-order valence-corrected chi connectivity index (χ3v) is 4.81. The highest BCUT2D eigenvalue weighted by Gasteiger charge is 2.19. The van der Waals surface area contributed by atoms with Crippen molar-refractivity contribution in [2.45, 2.75) is 13.0 Å². The van der Waals surface area contributed by atoms with E-state index in [4.69, 9.17) is 11.6 Å². The average molecular weight is 394 g/mol. The molecule has 2 heterocycles. The molecule has 9 heteroatoms. The van der Waals surface area contributed by atoms with Crippen LogP contribution in [0.4, 0.5) is 10.3 Å². The van der Waals surface area contributed by atoms with Gasteiger partial charge in [0.25, 0.3) is 11.5 Å². The van der Waals surface area contributed by atoms with Crippen LogP contribution in [-0.4, -0.2) is 54.0 Å². The van der Waals surface area contributed by atoms with Gasteiger partial charge in [0.05, 0.1) is 16.8 Å². The van der Waals surface area contributed by atoms with Crippen molar-refractivity contribution in [1.82, 2.24) is 20.2 Å². The number of H-pyrrole nitrogens is 1.